The molecule has 130 valence electrons. The first-order chi connectivity index (χ1) is 12.0. The Kier molecular flexibility index (Phi) is 4.01. The number of rotatable bonds is 3. The van der Waals surface area contributed by atoms with Crippen molar-refractivity contribution in [2.75, 3.05) is 5.32 Å². The Morgan fingerprint density at radius 2 is 2.12 bits per heavy atom. The number of phenolic OH excluding ortho intramolecular Hbond substituents is 1. The number of halogens is 1. The van der Waals surface area contributed by atoms with Gasteiger partial charge in [0.1, 0.15) is 5.75 Å². The minimum Gasteiger partial charge on any atom is -0.507 e. The van der Waals surface area contributed by atoms with E-state index in [1.807, 2.05) is 6.92 Å². The molecule has 2 heterocycles. The highest BCUT2D eigenvalue weighted by molar-refractivity contribution is 6.31. The molecule has 3 aromatic rings. The topological polar surface area (TPSA) is 97.2 Å². The summed E-state index contributed by atoms with van der Waals surface area (Å²) in [6.07, 6.45) is 3.13. The van der Waals surface area contributed by atoms with Crippen LogP contribution in [0.1, 0.15) is 24.8 Å². The van der Waals surface area contributed by atoms with Crippen molar-refractivity contribution >= 4 is 28.8 Å². The third kappa shape index (κ3) is 3.03. The van der Waals surface area contributed by atoms with Crippen molar-refractivity contribution in [3.63, 3.8) is 0 Å². The van der Waals surface area contributed by atoms with Crippen LogP contribution in [0.5, 0.6) is 5.75 Å². The summed E-state index contributed by atoms with van der Waals surface area (Å²) in [7, 11) is 0. The van der Waals surface area contributed by atoms with Crippen molar-refractivity contribution in [2.24, 2.45) is 5.73 Å². The number of pyridine rings is 1. The van der Waals surface area contributed by atoms with Gasteiger partial charge in [-0.3, -0.25) is 0 Å². The van der Waals surface area contributed by atoms with Gasteiger partial charge in [0, 0.05) is 22.7 Å². The second kappa shape index (κ2) is 6.20. The lowest BCUT2D eigenvalue weighted by atomic mass is 10.0. The fourth-order valence-corrected chi connectivity index (χ4v) is 3.67. The van der Waals surface area contributed by atoms with Gasteiger partial charge in [-0.25, -0.2) is 4.98 Å². The second-order valence-electron chi connectivity index (χ2n) is 6.50. The van der Waals surface area contributed by atoms with Gasteiger partial charge in [0.25, 0.3) is 6.01 Å². The van der Waals surface area contributed by atoms with Crippen molar-refractivity contribution in [2.45, 2.75) is 38.3 Å². The molecule has 1 aromatic carbocycles. The molecule has 4 rings (SSSR count). The normalized spacial score (nSPS) is 20.3. The van der Waals surface area contributed by atoms with Gasteiger partial charge in [0.2, 0.25) is 5.65 Å². The van der Waals surface area contributed by atoms with Crippen LogP contribution in [0.25, 0.3) is 22.5 Å². The highest BCUT2D eigenvalue weighted by Gasteiger charge is 2.25. The summed E-state index contributed by atoms with van der Waals surface area (Å²) in [5.41, 5.74) is 9.26. The summed E-state index contributed by atoms with van der Waals surface area (Å²) in [5.74, 6) is 0.0932. The predicted molar refractivity (Wildman–Crippen MR) is 97.9 cm³/mol. The summed E-state index contributed by atoms with van der Waals surface area (Å²) in [6, 6.07) is 7.63. The fourth-order valence-electron chi connectivity index (χ4n) is 3.40. The molecule has 0 unspecified atom stereocenters. The van der Waals surface area contributed by atoms with Crippen LogP contribution in [0.3, 0.4) is 0 Å². The van der Waals surface area contributed by atoms with E-state index >= 15 is 0 Å². The molecule has 2 aromatic heterocycles. The molecule has 1 aliphatic rings. The molecule has 25 heavy (non-hydrogen) atoms. The van der Waals surface area contributed by atoms with Gasteiger partial charge in [-0.15, -0.1) is 0 Å². The van der Waals surface area contributed by atoms with Crippen molar-refractivity contribution < 1.29 is 9.52 Å². The molecule has 0 spiro atoms. The van der Waals surface area contributed by atoms with Gasteiger partial charge in [0.15, 0.2) is 5.58 Å². The SMILES string of the molecule is Cc1cc(Cl)cc(O)c1-c1ccc2oc(N[C@@H]3CCC[C@H]3N)nc2n1. The lowest BCUT2D eigenvalue weighted by molar-refractivity contribution is 0.477. The number of aryl methyl sites for hydroxylation is 1. The molecule has 2 atom stereocenters. The van der Waals surface area contributed by atoms with E-state index in [1.165, 1.54) is 6.07 Å². The first-order valence-electron chi connectivity index (χ1n) is 8.30. The monoisotopic (exact) mass is 358 g/mol. The lowest BCUT2D eigenvalue weighted by Gasteiger charge is -2.14. The first kappa shape index (κ1) is 16.2. The van der Waals surface area contributed by atoms with Crippen molar-refractivity contribution in [3.8, 4) is 17.0 Å². The van der Waals surface area contributed by atoms with Crippen LogP contribution >= 0.6 is 11.6 Å². The zero-order valence-corrected chi connectivity index (χ0v) is 14.5. The number of nitrogens with one attached hydrogen (secondary N) is 1. The van der Waals surface area contributed by atoms with Gasteiger partial charge in [-0.2, -0.15) is 4.98 Å². The van der Waals surface area contributed by atoms with Gasteiger partial charge in [-0.05, 0) is 56.0 Å². The number of benzene rings is 1. The Morgan fingerprint density at radius 1 is 1.28 bits per heavy atom. The third-order valence-corrected chi connectivity index (χ3v) is 4.89. The van der Waals surface area contributed by atoms with Crippen LogP contribution in [0.2, 0.25) is 5.02 Å². The van der Waals surface area contributed by atoms with Crippen LogP contribution in [0.15, 0.2) is 28.7 Å². The van der Waals surface area contributed by atoms with E-state index in [0.717, 1.165) is 24.8 Å². The molecule has 1 fully saturated rings. The molecule has 4 N–H and O–H groups in total. The van der Waals surface area contributed by atoms with E-state index in [1.54, 1.807) is 18.2 Å². The number of oxazole rings is 1. The van der Waals surface area contributed by atoms with Crippen molar-refractivity contribution in [1.29, 1.82) is 0 Å². The highest BCUT2D eigenvalue weighted by atomic mass is 35.5. The highest BCUT2D eigenvalue weighted by Crippen LogP contribution is 2.35. The van der Waals surface area contributed by atoms with Crippen LogP contribution in [-0.4, -0.2) is 27.2 Å². The second-order valence-corrected chi connectivity index (χ2v) is 6.94. The minimum atomic E-state index is 0.0932. The average Bonchev–Trinajstić information content (AvgIpc) is 3.12. The van der Waals surface area contributed by atoms with Crippen LogP contribution in [-0.2, 0) is 0 Å². The molecule has 1 aliphatic carbocycles. The minimum absolute atomic E-state index is 0.0932. The van der Waals surface area contributed by atoms with Crippen LogP contribution < -0.4 is 11.1 Å². The van der Waals surface area contributed by atoms with Gasteiger partial charge in [-0.1, -0.05) is 11.6 Å². The lowest BCUT2D eigenvalue weighted by Crippen LogP contribution is -2.35. The van der Waals surface area contributed by atoms with E-state index in [2.05, 4.69) is 15.3 Å². The molecule has 1 saturated carbocycles. The molecule has 0 amide bonds. The number of nitrogens with zero attached hydrogens (tertiary/aromatic N) is 2. The third-order valence-electron chi connectivity index (χ3n) is 4.67. The summed E-state index contributed by atoms with van der Waals surface area (Å²) in [6.45, 7) is 1.88. The number of nitrogens with two attached hydrogens (primary N) is 1. The van der Waals surface area contributed by atoms with Crippen LogP contribution in [0.4, 0.5) is 6.01 Å². The van der Waals surface area contributed by atoms with Gasteiger partial charge in [0.05, 0.1) is 5.69 Å². The quantitative estimate of drug-likeness (QED) is 0.658. The fraction of sp³-hybridized carbons (Fsp3) is 0.333. The summed E-state index contributed by atoms with van der Waals surface area (Å²) >= 11 is 5.97. The van der Waals surface area contributed by atoms with E-state index in [-0.39, 0.29) is 17.8 Å². The first-order valence-corrected chi connectivity index (χ1v) is 8.68. The number of hydrogen-bond acceptors (Lipinski definition) is 6. The molecule has 7 heteroatoms. The molecular formula is C18H19ClN4O2. The van der Waals surface area contributed by atoms with Gasteiger partial charge >= 0.3 is 0 Å². The van der Waals surface area contributed by atoms with E-state index in [0.29, 0.717) is 33.5 Å². The number of aromatic hydroxyl groups is 1. The van der Waals surface area contributed by atoms with E-state index in [9.17, 15) is 5.11 Å². The predicted octanol–water partition coefficient (Wildman–Crippen LogP) is 3.85. The Bertz CT molecular complexity index is 917. The molecule has 0 saturated heterocycles. The summed E-state index contributed by atoms with van der Waals surface area (Å²) in [5, 5.41) is 14.0. The maximum atomic E-state index is 10.2. The maximum Gasteiger partial charge on any atom is 0.297 e. The Hall–Kier alpha value is -2.31. The standard InChI is InChI=1S/C18H19ClN4O2/c1-9-7-10(19)8-14(24)16(9)13-5-6-15-17(21-13)23-18(25-15)22-12-4-2-3-11(12)20/h5-8,11-12,24H,2-4,20H2,1H3,(H,21,22,23)/t11-,12-/m1/s1. The summed E-state index contributed by atoms with van der Waals surface area (Å²) < 4.78 is 5.72. The number of fused-ring (bicyclic) bond motifs is 1. The Morgan fingerprint density at radius 3 is 2.84 bits per heavy atom. The van der Waals surface area contributed by atoms with Crippen LogP contribution in [0, 0.1) is 6.92 Å². The molecule has 0 bridgehead atoms. The molecule has 6 nitrogen and oxygen atoms in total. The van der Waals surface area contributed by atoms with E-state index < -0.39 is 0 Å². The smallest absolute Gasteiger partial charge is 0.297 e. The summed E-state index contributed by atoms with van der Waals surface area (Å²) in [4.78, 5) is 8.95. The molecular weight excluding hydrogens is 340 g/mol. The average molecular weight is 359 g/mol. The molecule has 0 radical (unpaired) electrons. The Labute approximate surface area is 150 Å². The number of aromatic nitrogens is 2. The number of hydrogen-bond donors (Lipinski definition) is 3. The Balaban J connectivity index is 1.69. The largest absolute Gasteiger partial charge is 0.507 e. The zero-order chi connectivity index (χ0) is 17.6. The number of phenols is 1. The maximum absolute atomic E-state index is 10.2. The van der Waals surface area contributed by atoms with Gasteiger partial charge < -0.3 is 20.6 Å². The van der Waals surface area contributed by atoms with E-state index in [4.69, 9.17) is 21.8 Å². The van der Waals surface area contributed by atoms with Crippen molar-refractivity contribution in [1.82, 2.24) is 9.97 Å². The number of anilines is 1. The van der Waals surface area contributed by atoms with Crippen molar-refractivity contribution in [3.05, 3.63) is 34.9 Å². The zero-order valence-electron chi connectivity index (χ0n) is 13.8. The molecule has 0 aliphatic heterocycles.